The lowest BCUT2D eigenvalue weighted by molar-refractivity contribution is 0.0241. The smallest absolute Gasteiger partial charge is 0.123 e. The zero-order valence-corrected chi connectivity index (χ0v) is 11.6. The first-order chi connectivity index (χ1) is 9.66. The molecule has 1 aliphatic heterocycles. The molecule has 0 saturated heterocycles. The van der Waals surface area contributed by atoms with Crippen LogP contribution in [0.5, 0.6) is 0 Å². The van der Waals surface area contributed by atoms with Crippen molar-refractivity contribution in [2.45, 2.75) is 18.6 Å². The summed E-state index contributed by atoms with van der Waals surface area (Å²) in [5.74, 6) is -0.344. The van der Waals surface area contributed by atoms with E-state index in [1.807, 2.05) is 18.2 Å². The van der Waals surface area contributed by atoms with Crippen LogP contribution in [0.4, 0.5) is 4.39 Å². The molecule has 0 aliphatic carbocycles. The first kappa shape index (κ1) is 13.6. The monoisotopic (exact) mass is 291 g/mol. The van der Waals surface area contributed by atoms with Crippen molar-refractivity contribution in [1.82, 2.24) is 0 Å². The molecule has 4 heteroatoms. The summed E-state index contributed by atoms with van der Waals surface area (Å²) in [6.07, 6.45) is 0.579. The Bertz CT molecular complexity index is 632. The molecule has 1 heterocycles. The van der Waals surface area contributed by atoms with Gasteiger partial charge >= 0.3 is 0 Å². The lowest BCUT2D eigenvalue weighted by Gasteiger charge is -2.31. The van der Waals surface area contributed by atoms with Crippen LogP contribution in [0.2, 0.25) is 5.02 Å². The molecule has 0 fully saturated rings. The molecule has 0 bridgehead atoms. The predicted octanol–water partition coefficient (Wildman–Crippen LogP) is 3.79. The summed E-state index contributed by atoms with van der Waals surface area (Å²) in [6, 6.07) is 11.8. The number of hydrogen-bond donors (Lipinski definition) is 1. The van der Waals surface area contributed by atoms with Gasteiger partial charge in [0.2, 0.25) is 0 Å². The van der Waals surface area contributed by atoms with Crippen LogP contribution in [0.15, 0.2) is 42.5 Å². The Morgan fingerprint density at radius 1 is 1.25 bits per heavy atom. The van der Waals surface area contributed by atoms with Crippen molar-refractivity contribution in [2.24, 2.45) is 5.73 Å². The molecule has 2 nitrogen and oxygen atoms in total. The second kappa shape index (κ2) is 5.52. The summed E-state index contributed by atoms with van der Waals surface area (Å²) in [6.45, 7) is 0.613. The minimum absolute atomic E-state index is 0.292. The quantitative estimate of drug-likeness (QED) is 0.913. The molecule has 2 atom stereocenters. The number of benzene rings is 2. The molecule has 3 rings (SSSR count). The average Bonchev–Trinajstić information content (AvgIpc) is 2.48. The Labute approximate surface area is 122 Å². The summed E-state index contributed by atoms with van der Waals surface area (Å²) in [4.78, 5) is 0. The zero-order chi connectivity index (χ0) is 14.1. The molecule has 0 aromatic heterocycles. The van der Waals surface area contributed by atoms with Gasteiger partial charge in [0.25, 0.3) is 0 Å². The van der Waals surface area contributed by atoms with Crippen LogP contribution in [0.1, 0.15) is 28.8 Å². The van der Waals surface area contributed by atoms with Crippen LogP contribution in [0.25, 0.3) is 0 Å². The fourth-order valence-corrected chi connectivity index (χ4v) is 2.90. The van der Waals surface area contributed by atoms with Crippen LogP contribution in [0, 0.1) is 5.82 Å². The third-order valence-corrected chi connectivity index (χ3v) is 4.02. The van der Waals surface area contributed by atoms with Crippen molar-refractivity contribution in [2.75, 3.05) is 6.61 Å². The first-order valence-electron chi connectivity index (χ1n) is 6.57. The van der Waals surface area contributed by atoms with Gasteiger partial charge in [0.1, 0.15) is 11.9 Å². The fraction of sp³-hybridized carbons (Fsp3) is 0.250. The molecule has 2 unspecified atom stereocenters. The van der Waals surface area contributed by atoms with Crippen LogP contribution in [0.3, 0.4) is 0 Å². The number of fused-ring (bicyclic) bond motifs is 1. The maximum absolute atomic E-state index is 13.4. The van der Waals surface area contributed by atoms with E-state index in [0.717, 1.165) is 12.0 Å². The fourth-order valence-electron chi connectivity index (χ4n) is 2.66. The maximum Gasteiger partial charge on any atom is 0.123 e. The molecule has 2 N–H and O–H groups in total. The molecule has 0 amide bonds. The van der Waals surface area contributed by atoms with Crippen molar-refractivity contribution in [3.05, 3.63) is 70.0 Å². The zero-order valence-electron chi connectivity index (χ0n) is 10.9. The van der Waals surface area contributed by atoms with E-state index >= 15 is 0 Å². The van der Waals surface area contributed by atoms with Crippen LogP contribution in [-0.4, -0.2) is 6.61 Å². The van der Waals surface area contributed by atoms with E-state index in [0.29, 0.717) is 17.2 Å². The topological polar surface area (TPSA) is 35.2 Å². The summed E-state index contributed by atoms with van der Waals surface area (Å²) in [5.41, 5.74) is 9.15. The van der Waals surface area contributed by atoms with Gasteiger partial charge in [0.15, 0.2) is 0 Å². The van der Waals surface area contributed by atoms with Gasteiger partial charge in [0, 0.05) is 5.02 Å². The largest absolute Gasteiger partial charge is 0.371 e. The molecule has 0 radical (unpaired) electrons. The molecule has 104 valence electrons. The highest BCUT2D eigenvalue weighted by Crippen LogP contribution is 2.37. The number of rotatable bonds is 2. The average molecular weight is 292 g/mol. The van der Waals surface area contributed by atoms with E-state index in [1.165, 1.54) is 23.8 Å². The van der Waals surface area contributed by atoms with Crippen molar-refractivity contribution >= 4 is 11.6 Å². The Kier molecular flexibility index (Phi) is 3.74. The predicted molar refractivity (Wildman–Crippen MR) is 77.2 cm³/mol. The van der Waals surface area contributed by atoms with E-state index < -0.39 is 6.04 Å². The van der Waals surface area contributed by atoms with E-state index in [1.54, 1.807) is 0 Å². The highest BCUT2D eigenvalue weighted by atomic mass is 35.5. The number of nitrogens with two attached hydrogens (primary N) is 1. The van der Waals surface area contributed by atoms with Gasteiger partial charge in [0.05, 0.1) is 12.6 Å². The summed E-state index contributed by atoms with van der Waals surface area (Å²) in [5, 5.41) is 0.463. The summed E-state index contributed by atoms with van der Waals surface area (Å²) < 4.78 is 19.2. The van der Waals surface area contributed by atoms with Gasteiger partial charge in [-0.1, -0.05) is 35.9 Å². The van der Waals surface area contributed by atoms with E-state index in [4.69, 9.17) is 22.1 Å². The van der Waals surface area contributed by atoms with E-state index in [2.05, 4.69) is 6.07 Å². The van der Waals surface area contributed by atoms with Crippen molar-refractivity contribution in [1.29, 1.82) is 0 Å². The second-order valence-corrected chi connectivity index (χ2v) is 5.34. The molecule has 1 aliphatic rings. The van der Waals surface area contributed by atoms with Gasteiger partial charge in [-0.15, -0.1) is 0 Å². The minimum atomic E-state index is -0.486. The van der Waals surface area contributed by atoms with Gasteiger partial charge < -0.3 is 10.5 Å². The normalized spacial score (nSPS) is 19.4. The maximum atomic E-state index is 13.4. The van der Waals surface area contributed by atoms with Crippen molar-refractivity contribution in [3.8, 4) is 0 Å². The Balaban J connectivity index is 1.99. The van der Waals surface area contributed by atoms with Crippen molar-refractivity contribution in [3.63, 3.8) is 0 Å². The number of ether oxygens (including phenoxy) is 1. The first-order valence-corrected chi connectivity index (χ1v) is 6.94. The molecule has 2 aromatic rings. The highest BCUT2D eigenvalue weighted by molar-refractivity contribution is 6.31. The second-order valence-electron chi connectivity index (χ2n) is 4.93. The molecule has 20 heavy (non-hydrogen) atoms. The van der Waals surface area contributed by atoms with Gasteiger partial charge in [-0.2, -0.15) is 0 Å². The lowest BCUT2D eigenvalue weighted by Crippen LogP contribution is -2.27. The van der Waals surface area contributed by atoms with E-state index in [9.17, 15) is 4.39 Å². The minimum Gasteiger partial charge on any atom is -0.371 e. The summed E-state index contributed by atoms with van der Waals surface area (Å²) >= 11 is 6.14. The highest BCUT2D eigenvalue weighted by Gasteiger charge is 2.28. The van der Waals surface area contributed by atoms with Crippen molar-refractivity contribution < 1.29 is 9.13 Å². The molecular weight excluding hydrogens is 277 g/mol. The summed E-state index contributed by atoms with van der Waals surface area (Å²) in [7, 11) is 0. The standard InChI is InChI=1S/C16H15ClFNO/c17-14-6-5-11(18)9-13(14)15(19)16-12-4-2-1-3-10(12)7-8-20-16/h1-6,9,15-16H,7-8,19H2. The molecule has 0 saturated carbocycles. The molecular formula is C16H15ClFNO. The third kappa shape index (κ3) is 2.44. The number of hydrogen-bond acceptors (Lipinski definition) is 2. The van der Waals surface area contributed by atoms with Gasteiger partial charge in [-0.3, -0.25) is 0 Å². The Morgan fingerprint density at radius 3 is 2.90 bits per heavy atom. The third-order valence-electron chi connectivity index (χ3n) is 3.67. The van der Waals surface area contributed by atoms with Crippen LogP contribution in [-0.2, 0) is 11.2 Å². The Hall–Kier alpha value is -1.42. The van der Waals surface area contributed by atoms with Crippen LogP contribution >= 0.6 is 11.6 Å². The molecule has 0 spiro atoms. The van der Waals surface area contributed by atoms with Crippen LogP contribution < -0.4 is 5.73 Å². The van der Waals surface area contributed by atoms with Gasteiger partial charge in [-0.25, -0.2) is 4.39 Å². The van der Waals surface area contributed by atoms with E-state index in [-0.39, 0.29) is 11.9 Å². The lowest BCUT2D eigenvalue weighted by atomic mass is 9.90. The SMILES string of the molecule is NC(c1cc(F)ccc1Cl)C1OCCc2ccccc21. The number of halogens is 2. The molecule has 2 aromatic carbocycles. The Morgan fingerprint density at radius 2 is 2.05 bits per heavy atom. The van der Waals surface area contributed by atoms with Gasteiger partial charge in [-0.05, 0) is 41.3 Å².